The summed E-state index contributed by atoms with van der Waals surface area (Å²) in [6.45, 7) is 2.29. The fourth-order valence-corrected chi connectivity index (χ4v) is 0.987. The summed E-state index contributed by atoms with van der Waals surface area (Å²) >= 11 is 0. The summed E-state index contributed by atoms with van der Waals surface area (Å²) in [4.78, 5) is 11.1. The van der Waals surface area contributed by atoms with Crippen LogP contribution in [-0.4, -0.2) is 24.8 Å². The quantitative estimate of drug-likeness (QED) is 0.570. The van der Waals surface area contributed by atoms with E-state index in [2.05, 4.69) is 5.92 Å². The number of hydrogen-bond donors (Lipinski definition) is 0. The maximum Gasteiger partial charge on any atom is 0.218 e. The van der Waals surface area contributed by atoms with E-state index >= 15 is 0 Å². The number of Topliss-reactive ketones (excluding diaryl/α,β-unsaturated/α-hetero) is 1. The van der Waals surface area contributed by atoms with Crippen molar-refractivity contribution in [2.45, 2.75) is 32.2 Å². The van der Waals surface area contributed by atoms with E-state index in [1.807, 2.05) is 0 Å². The first-order valence-corrected chi connectivity index (χ1v) is 4.00. The maximum absolute atomic E-state index is 11.1. The van der Waals surface area contributed by atoms with Crippen molar-refractivity contribution >= 4 is 5.78 Å². The van der Waals surface area contributed by atoms with Gasteiger partial charge in [0, 0.05) is 6.42 Å². The third-order valence-electron chi connectivity index (χ3n) is 1.66. The molecule has 0 bridgehead atoms. The minimum atomic E-state index is -0.732. The lowest BCUT2D eigenvalue weighted by molar-refractivity contribution is -0.184. The number of ketones is 1. The molecule has 0 amide bonds. The number of terminal acetylenes is 1. The fourth-order valence-electron chi connectivity index (χ4n) is 0.987. The van der Waals surface area contributed by atoms with E-state index in [0.717, 1.165) is 6.42 Å². The van der Waals surface area contributed by atoms with Gasteiger partial charge in [0.2, 0.25) is 6.29 Å². The molecule has 0 aromatic heterocycles. The zero-order valence-corrected chi connectivity index (χ0v) is 7.08. The monoisotopic (exact) mass is 168 g/mol. The van der Waals surface area contributed by atoms with E-state index in [1.54, 1.807) is 6.92 Å². The highest BCUT2D eigenvalue weighted by molar-refractivity contribution is 5.82. The summed E-state index contributed by atoms with van der Waals surface area (Å²) in [5.41, 5.74) is 0. The molecule has 0 spiro atoms. The Morgan fingerprint density at radius 3 is 3.17 bits per heavy atom. The third kappa shape index (κ3) is 2.33. The van der Waals surface area contributed by atoms with Gasteiger partial charge in [-0.1, -0.05) is 5.92 Å². The van der Waals surface area contributed by atoms with E-state index in [9.17, 15) is 4.79 Å². The molecule has 0 radical (unpaired) electrons. The van der Waals surface area contributed by atoms with Crippen molar-refractivity contribution in [2.24, 2.45) is 0 Å². The second kappa shape index (κ2) is 4.24. The molecule has 3 heteroatoms. The van der Waals surface area contributed by atoms with Crippen LogP contribution in [0.4, 0.5) is 0 Å². The second-order valence-electron chi connectivity index (χ2n) is 2.72. The zero-order valence-electron chi connectivity index (χ0n) is 7.08. The average Bonchev–Trinajstić information content (AvgIpc) is 2.09. The van der Waals surface area contributed by atoms with Crippen LogP contribution in [0.1, 0.15) is 19.8 Å². The van der Waals surface area contributed by atoms with E-state index in [1.165, 1.54) is 0 Å². The first-order chi connectivity index (χ1) is 5.74. The van der Waals surface area contributed by atoms with Crippen LogP contribution in [0, 0.1) is 12.3 Å². The van der Waals surface area contributed by atoms with Gasteiger partial charge in [-0.3, -0.25) is 4.79 Å². The molecule has 2 unspecified atom stereocenters. The molecule has 12 heavy (non-hydrogen) atoms. The Balaban J connectivity index is 2.40. The molecule has 0 aliphatic carbocycles. The Kier molecular flexibility index (Phi) is 3.27. The van der Waals surface area contributed by atoms with Crippen molar-refractivity contribution in [3.8, 4) is 12.3 Å². The van der Waals surface area contributed by atoms with Crippen molar-refractivity contribution in [2.75, 3.05) is 6.61 Å². The molecule has 0 aromatic carbocycles. The molecule has 0 N–H and O–H groups in total. The molecule has 1 rings (SSSR count). The van der Waals surface area contributed by atoms with Gasteiger partial charge in [-0.25, -0.2) is 0 Å². The van der Waals surface area contributed by atoms with Crippen molar-refractivity contribution < 1.29 is 14.3 Å². The summed E-state index contributed by atoms with van der Waals surface area (Å²) in [5.74, 6) is 2.37. The first-order valence-electron chi connectivity index (χ1n) is 4.00. The Labute approximate surface area is 72.0 Å². The van der Waals surface area contributed by atoms with E-state index in [-0.39, 0.29) is 11.9 Å². The van der Waals surface area contributed by atoms with Gasteiger partial charge in [0.1, 0.15) is 6.10 Å². The predicted molar refractivity (Wildman–Crippen MR) is 43.4 cm³/mol. The minimum Gasteiger partial charge on any atom is -0.346 e. The zero-order chi connectivity index (χ0) is 8.97. The Morgan fingerprint density at radius 2 is 2.58 bits per heavy atom. The van der Waals surface area contributed by atoms with Crippen LogP contribution >= 0.6 is 0 Å². The van der Waals surface area contributed by atoms with Crippen LogP contribution in [0.2, 0.25) is 0 Å². The first kappa shape index (κ1) is 9.24. The molecule has 2 atom stereocenters. The summed E-state index contributed by atoms with van der Waals surface area (Å²) < 4.78 is 10.2. The summed E-state index contributed by atoms with van der Waals surface area (Å²) in [6, 6.07) is 0. The van der Waals surface area contributed by atoms with E-state index < -0.39 is 6.29 Å². The van der Waals surface area contributed by atoms with Crippen LogP contribution in [-0.2, 0) is 14.3 Å². The van der Waals surface area contributed by atoms with Crippen molar-refractivity contribution in [1.29, 1.82) is 0 Å². The van der Waals surface area contributed by atoms with Crippen molar-refractivity contribution in [1.82, 2.24) is 0 Å². The molecule has 0 aromatic rings. The van der Waals surface area contributed by atoms with Gasteiger partial charge in [0.25, 0.3) is 0 Å². The highest BCUT2D eigenvalue weighted by Crippen LogP contribution is 2.11. The van der Waals surface area contributed by atoms with Crippen LogP contribution in [0.15, 0.2) is 0 Å². The molecule has 1 aliphatic rings. The van der Waals surface area contributed by atoms with Gasteiger partial charge in [0.05, 0.1) is 6.61 Å². The van der Waals surface area contributed by atoms with Crippen molar-refractivity contribution in [3.63, 3.8) is 0 Å². The van der Waals surface area contributed by atoms with Gasteiger partial charge < -0.3 is 9.47 Å². The Hall–Kier alpha value is -0.850. The second-order valence-corrected chi connectivity index (χ2v) is 2.72. The lowest BCUT2D eigenvalue weighted by atomic mass is 10.2. The standard InChI is InChI=1S/C9H12O3/c1-3-7(2)12-9-8(10)5-4-6-11-9/h1,7,9H,4-6H2,2H3. The lowest BCUT2D eigenvalue weighted by Crippen LogP contribution is -2.34. The van der Waals surface area contributed by atoms with Gasteiger partial charge >= 0.3 is 0 Å². The maximum atomic E-state index is 11.1. The topological polar surface area (TPSA) is 35.5 Å². The number of ether oxygens (including phenoxy) is 2. The minimum absolute atomic E-state index is 0.0108. The van der Waals surface area contributed by atoms with Gasteiger partial charge in [0.15, 0.2) is 5.78 Å². The van der Waals surface area contributed by atoms with Crippen LogP contribution in [0.3, 0.4) is 0 Å². The normalized spacial score (nSPS) is 26.3. The molecular weight excluding hydrogens is 156 g/mol. The van der Waals surface area contributed by atoms with E-state index in [0.29, 0.717) is 13.0 Å². The number of carbonyl (C=O) groups excluding carboxylic acids is 1. The van der Waals surface area contributed by atoms with E-state index in [4.69, 9.17) is 15.9 Å². The molecule has 1 heterocycles. The third-order valence-corrected chi connectivity index (χ3v) is 1.66. The summed E-state index contributed by atoms with van der Waals surface area (Å²) in [7, 11) is 0. The number of carbonyl (C=O) groups is 1. The molecule has 3 nitrogen and oxygen atoms in total. The molecule has 1 saturated heterocycles. The highest BCUT2D eigenvalue weighted by atomic mass is 16.7. The number of rotatable bonds is 2. The smallest absolute Gasteiger partial charge is 0.218 e. The van der Waals surface area contributed by atoms with Crippen molar-refractivity contribution in [3.05, 3.63) is 0 Å². The molecular formula is C9H12O3. The highest BCUT2D eigenvalue weighted by Gasteiger charge is 2.24. The Bertz CT molecular complexity index is 204. The van der Waals surface area contributed by atoms with Gasteiger partial charge in [-0.05, 0) is 13.3 Å². The summed E-state index contributed by atoms with van der Waals surface area (Å²) in [6.07, 6.45) is 5.31. The van der Waals surface area contributed by atoms with Crippen LogP contribution in [0.5, 0.6) is 0 Å². The SMILES string of the molecule is C#CC(C)OC1OCCCC1=O. The van der Waals surface area contributed by atoms with Gasteiger partial charge in [-0.15, -0.1) is 6.42 Å². The molecule has 1 aliphatic heterocycles. The summed E-state index contributed by atoms with van der Waals surface area (Å²) in [5, 5.41) is 0. The largest absolute Gasteiger partial charge is 0.346 e. The lowest BCUT2D eigenvalue weighted by Gasteiger charge is -2.22. The van der Waals surface area contributed by atoms with Crippen LogP contribution < -0.4 is 0 Å². The average molecular weight is 168 g/mol. The fraction of sp³-hybridized carbons (Fsp3) is 0.667. The number of hydrogen-bond acceptors (Lipinski definition) is 3. The molecule has 66 valence electrons. The predicted octanol–water partition coefficient (Wildman–Crippen LogP) is 0.730. The molecule has 1 fully saturated rings. The molecule has 0 saturated carbocycles. The van der Waals surface area contributed by atoms with Crippen LogP contribution in [0.25, 0.3) is 0 Å². The van der Waals surface area contributed by atoms with Gasteiger partial charge in [-0.2, -0.15) is 0 Å². The Morgan fingerprint density at radius 1 is 1.83 bits per heavy atom.